The maximum Gasteiger partial charge on any atom is 0.123 e. The second kappa shape index (κ2) is 7.21. The summed E-state index contributed by atoms with van der Waals surface area (Å²) in [5, 5.41) is 0. The highest BCUT2D eigenvalue weighted by atomic mass is 16.5. The lowest BCUT2D eigenvalue weighted by atomic mass is 10.0. The molecule has 2 nitrogen and oxygen atoms in total. The summed E-state index contributed by atoms with van der Waals surface area (Å²) in [6.45, 7) is 9.80. The fourth-order valence-corrected chi connectivity index (χ4v) is 1.53. The Balaban J connectivity index is 2.79. The van der Waals surface area contributed by atoms with Crippen LogP contribution in [-0.4, -0.2) is 13.2 Å². The van der Waals surface area contributed by atoms with E-state index in [2.05, 4.69) is 32.9 Å². The van der Waals surface area contributed by atoms with Crippen LogP contribution in [-0.2, 0) is 0 Å². The van der Waals surface area contributed by atoms with Gasteiger partial charge in [-0.2, -0.15) is 0 Å². The molecule has 0 heterocycles. The fraction of sp³-hybridized carbons (Fsp3) is 0.533. The van der Waals surface area contributed by atoms with E-state index in [1.807, 2.05) is 13.0 Å². The fourth-order valence-electron chi connectivity index (χ4n) is 1.53. The number of rotatable bonds is 7. The van der Waals surface area contributed by atoms with Gasteiger partial charge in [0, 0.05) is 6.07 Å². The van der Waals surface area contributed by atoms with Crippen LogP contribution in [0.15, 0.2) is 18.2 Å². The second-order valence-electron chi connectivity index (χ2n) is 4.33. The van der Waals surface area contributed by atoms with Crippen LogP contribution < -0.4 is 9.47 Å². The Morgan fingerprint density at radius 1 is 1.00 bits per heavy atom. The highest BCUT2D eigenvalue weighted by molar-refractivity contribution is 5.43. The molecule has 0 atom stereocenters. The lowest BCUT2D eigenvalue weighted by Crippen LogP contribution is -2.00. The Bertz CT molecular complexity index is 332. The molecule has 0 amide bonds. The van der Waals surface area contributed by atoms with Crippen molar-refractivity contribution in [1.82, 2.24) is 0 Å². The molecule has 2 heteroatoms. The SMILES string of the molecule is CCCCOc1cc(OCC)cc([C](C)C)c1. The molecule has 1 aromatic carbocycles. The van der Waals surface area contributed by atoms with Gasteiger partial charge in [0.2, 0.25) is 0 Å². The third-order valence-corrected chi connectivity index (χ3v) is 2.54. The van der Waals surface area contributed by atoms with Crippen LogP contribution in [0.25, 0.3) is 0 Å². The average Bonchev–Trinajstić information content (AvgIpc) is 2.29. The van der Waals surface area contributed by atoms with Crippen molar-refractivity contribution in [3.8, 4) is 11.5 Å². The predicted molar refractivity (Wildman–Crippen MR) is 71.7 cm³/mol. The number of benzene rings is 1. The summed E-state index contributed by atoms with van der Waals surface area (Å²) in [5.74, 6) is 3.06. The monoisotopic (exact) mass is 235 g/mol. The molecule has 0 saturated carbocycles. The van der Waals surface area contributed by atoms with Gasteiger partial charge >= 0.3 is 0 Å². The van der Waals surface area contributed by atoms with Gasteiger partial charge in [0.05, 0.1) is 13.2 Å². The van der Waals surface area contributed by atoms with Crippen LogP contribution in [0.4, 0.5) is 0 Å². The molecule has 1 rings (SSSR count). The molecule has 0 aromatic heterocycles. The predicted octanol–water partition coefficient (Wildman–Crippen LogP) is 4.23. The average molecular weight is 235 g/mol. The van der Waals surface area contributed by atoms with Crippen LogP contribution in [0.1, 0.15) is 46.1 Å². The van der Waals surface area contributed by atoms with Crippen LogP contribution in [0, 0.1) is 5.92 Å². The maximum absolute atomic E-state index is 5.73. The van der Waals surface area contributed by atoms with E-state index < -0.39 is 0 Å². The molecule has 0 N–H and O–H groups in total. The number of hydrogen-bond acceptors (Lipinski definition) is 2. The topological polar surface area (TPSA) is 18.5 Å². The minimum Gasteiger partial charge on any atom is -0.494 e. The van der Waals surface area contributed by atoms with Crippen molar-refractivity contribution in [1.29, 1.82) is 0 Å². The van der Waals surface area contributed by atoms with E-state index in [-0.39, 0.29) is 0 Å². The molecule has 1 radical (unpaired) electrons. The lowest BCUT2D eigenvalue weighted by molar-refractivity contribution is 0.302. The van der Waals surface area contributed by atoms with E-state index in [9.17, 15) is 0 Å². The smallest absolute Gasteiger partial charge is 0.123 e. The summed E-state index contributed by atoms with van der Waals surface area (Å²) < 4.78 is 11.3. The molecule has 0 saturated heterocycles. The van der Waals surface area contributed by atoms with Crippen molar-refractivity contribution in [2.75, 3.05) is 13.2 Å². The lowest BCUT2D eigenvalue weighted by Gasteiger charge is -2.13. The standard InChI is InChI=1S/C15H23O2/c1-5-7-8-17-15-10-13(12(3)4)9-14(11-15)16-6-2/h9-11H,5-8H2,1-4H3. The van der Waals surface area contributed by atoms with Gasteiger partial charge in [0.25, 0.3) is 0 Å². The van der Waals surface area contributed by atoms with E-state index in [0.29, 0.717) is 6.61 Å². The van der Waals surface area contributed by atoms with Gasteiger partial charge in [-0.25, -0.2) is 0 Å². The molecular weight excluding hydrogens is 212 g/mol. The van der Waals surface area contributed by atoms with Gasteiger partial charge in [0.1, 0.15) is 11.5 Å². The van der Waals surface area contributed by atoms with Crippen molar-refractivity contribution in [2.24, 2.45) is 0 Å². The zero-order valence-corrected chi connectivity index (χ0v) is 11.4. The first kappa shape index (κ1) is 13.9. The third kappa shape index (κ3) is 4.68. The van der Waals surface area contributed by atoms with Gasteiger partial charge in [-0.05, 0) is 37.0 Å². The molecule has 0 fully saturated rings. The minimum absolute atomic E-state index is 0.681. The molecule has 0 unspecified atom stereocenters. The number of hydrogen-bond donors (Lipinski definition) is 0. The Morgan fingerprint density at radius 2 is 1.65 bits per heavy atom. The summed E-state index contributed by atoms with van der Waals surface area (Å²) in [6, 6.07) is 6.10. The molecule has 0 bridgehead atoms. The Kier molecular flexibility index (Phi) is 5.88. The maximum atomic E-state index is 5.73. The molecule has 1 aromatic rings. The van der Waals surface area contributed by atoms with Crippen LogP contribution in [0.5, 0.6) is 11.5 Å². The highest BCUT2D eigenvalue weighted by Gasteiger charge is 2.06. The van der Waals surface area contributed by atoms with Crippen molar-refractivity contribution in [3.63, 3.8) is 0 Å². The summed E-state index contributed by atoms with van der Waals surface area (Å²) in [6.07, 6.45) is 2.24. The summed E-state index contributed by atoms with van der Waals surface area (Å²) in [7, 11) is 0. The number of unbranched alkanes of at least 4 members (excludes halogenated alkanes) is 1. The van der Waals surface area contributed by atoms with E-state index >= 15 is 0 Å². The van der Waals surface area contributed by atoms with Crippen LogP contribution in [0.3, 0.4) is 0 Å². The van der Waals surface area contributed by atoms with Gasteiger partial charge < -0.3 is 9.47 Å². The first-order valence-corrected chi connectivity index (χ1v) is 6.38. The van der Waals surface area contributed by atoms with Crippen molar-refractivity contribution >= 4 is 0 Å². The zero-order chi connectivity index (χ0) is 12.7. The zero-order valence-electron chi connectivity index (χ0n) is 11.4. The van der Waals surface area contributed by atoms with E-state index in [1.54, 1.807) is 0 Å². The molecule has 0 aliphatic rings. The Hall–Kier alpha value is -1.18. The van der Waals surface area contributed by atoms with Crippen LogP contribution in [0.2, 0.25) is 0 Å². The molecule has 17 heavy (non-hydrogen) atoms. The number of ether oxygens (including phenoxy) is 2. The van der Waals surface area contributed by atoms with Gasteiger partial charge in [-0.15, -0.1) is 0 Å². The molecule has 0 spiro atoms. The molecule has 0 aliphatic carbocycles. The quantitative estimate of drug-likeness (QED) is 0.658. The van der Waals surface area contributed by atoms with E-state index in [4.69, 9.17) is 9.47 Å². The second-order valence-corrected chi connectivity index (χ2v) is 4.33. The Morgan fingerprint density at radius 3 is 2.18 bits per heavy atom. The molecule has 95 valence electrons. The van der Waals surface area contributed by atoms with Crippen molar-refractivity contribution in [2.45, 2.75) is 40.5 Å². The molecule has 0 aliphatic heterocycles. The largest absolute Gasteiger partial charge is 0.494 e. The third-order valence-electron chi connectivity index (χ3n) is 2.54. The van der Waals surface area contributed by atoms with Crippen molar-refractivity contribution in [3.05, 3.63) is 29.7 Å². The first-order chi connectivity index (χ1) is 8.17. The van der Waals surface area contributed by atoms with E-state index in [1.165, 1.54) is 11.5 Å². The normalized spacial score (nSPS) is 10.6. The minimum atomic E-state index is 0.681. The Labute approximate surface area is 105 Å². The highest BCUT2D eigenvalue weighted by Crippen LogP contribution is 2.27. The summed E-state index contributed by atoms with van der Waals surface area (Å²) >= 11 is 0. The summed E-state index contributed by atoms with van der Waals surface area (Å²) in [5.41, 5.74) is 1.18. The molecular formula is C15H23O2. The van der Waals surface area contributed by atoms with Crippen molar-refractivity contribution < 1.29 is 9.47 Å². The van der Waals surface area contributed by atoms with E-state index in [0.717, 1.165) is 30.9 Å². The van der Waals surface area contributed by atoms with Gasteiger partial charge in [-0.1, -0.05) is 27.2 Å². The van der Waals surface area contributed by atoms with Crippen LogP contribution >= 0.6 is 0 Å². The summed E-state index contributed by atoms with van der Waals surface area (Å²) in [4.78, 5) is 0. The van der Waals surface area contributed by atoms with Gasteiger partial charge in [-0.3, -0.25) is 0 Å². The first-order valence-electron chi connectivity index (χ1n) is 6.38. The van der Waals surface area contributed by atoms with Gasteiger partial charge in [0.15, 0.2) is 0 Å².